The number of hydrogen-bond donors (Lipinski definition) is 1. The molecule has 0 spiro atoms. The first-order chi connectivity index (χ1) is 9.78. The van der Waals surface area contributed by atoms with Gasteiger partial charge in [0.2, 0.25) is 0 Å². The maximum atomic E-state index is 11.3. The molecule has 5 rings (SSSR count). The van der Waals surface area contributed by atoms with Crippen LogP contribution >= 0.6 is 0 Å². The molecule has 1 atom stereocenters. The highest BCUT2D eigenvalue weighted by molar-refractivity contribution is 5.80. The van der Waals surface area contributed by atoms with Gasteiger partial charge in [0.1, 0.15) is 5.58 Å². The molecule has 2 aromatic rings. The van der Waals surface area contributed by atoms with Crippen LogP contribution in [0.1, 0.15) is 12.8 Å². The van der Waals surface area contributed by atoms with Gasteiger partial charge in [-0.15, -0.1) is 0 Å². The van der Waals surface area contributed by atoms with Gasteiger partial charge in [0.05, 0.1) is 0 Å². The van der Waals surface area contributed by atoms with Crippen LogP contribution in [0.25, 0.3) is 11.0 Å². The summed E-state index contributed by atoms with van der Waals surface area (Å²) in [6.07, 6.45) is 2.58. The van der Waals surface area contributed by atoms with Gasteiger partial charge in [0, 0.05) is 35.8 Å². The third kappa shape index (κ3) is 2.10. The van der Waals surface area contributed by atoms with Crippen molar-refractivity contribution in [2.45, 2.75) is 18.9 Å². The zero-order chi connectivity index (χ0) is 13.5. The Kier molecular flexibility index (Phi) is 2.77. The van der Waals surface area contributed by atoms with E-state index in [0.717, 1.165) is 23.5 Å². The summed E-state index contributed by atoms with van der Waals surface area (Å²) in [6, 6.07) is 9.79. The minimum Gasteiger partial charge on any atom is -0.423 e. The number of nitrogens with one attached hydrogen (secondary N) is 1. The molecule has 104 valence electrons. The van der Waals surface area contributed by atoms with Gasteiger partial charge >= 0.3 is 5.63 Å². The number of fused-ring (bicyclic) bond motifs is 4. The Labute approximate surface area is 117 Å². The second kappa shape index (κ2) is 4.63. The first kappa shape index (κ1) is 12.0. The van der Waals surface area contributed by atoms with Crippen molar-refractivity contribution in [3.05, 3.63) is 40.8 Å². The fourth-order valence-electron chi connectivity index (χ4n) is 3.49. The van der Waals surface area contributed by atoms with Crippen LogP contribution in [-0.4, -0.2) is 30.6 Å². The fourth-order valence-corrected chi connectivity index (χ4v) is 3.49. The van der Waals surface area contributed by atoms with Crippen molar-refractivity contribution in [3.8, 4) is 0 Å². The lowest BCUT2D eigenvalue weighted by atomic mass is 9.84. The van der Waals surface area contributed by atoms with E-state index in [9.17, 15) is 4.79 Å². The molecule has 20 heavy (non-hydrogen) atoms. The van der Waals surface area contributed by atoms with E-state index in [1.54, 1.807) is 6.07 Å². The molecular weight excluding hydrogens is 252 g/mol. The molecule has 3 saturated heterocycles. The molecule has 1 aromatic carbocycles. The largest absolute Gasteiger partial charge is 0.423 e. The Bertz CT molecular complexity index is 686. The van der Waals surface area contributed by atoms with Crippen LogP contribution in [0.5, 0.6) is 0 Å². The minimum atomic E-state index is -0.294. The highest BCUT2D eigenvalue weighted by Crippen LogP contribution is 2.30. The molecule has 1 aromatic heterocycles. The standard InChI is InChI=1S/C16H18N2O2/c19-16-4-2-12-1-3-13(9-15(12)20-16)17-14-10-18-7-5-11(14)6-8-18/h1-4,9,11,14,17H,5-8,10H2/t14-/m0/s1. The maximum absolute atomic E-state index is 11.3. The van der Waals surface area contributed by atoms with Crippen LogP contribution < -0.4 is 10.9 Å². The number of piperidine rings is 3. The van der Waals surface area contributed by atoms with E-state index in [0.29, 0.717) is 11.6 Å². The predicted molar refractivity (Wildman–Crippen MR) is 79.1 cm³/mol. The minimum absolute atomic E-state index is 0.294. The van der Waals surface area contributed by atoms with Gasteiger partial charge in [-0.2, -0.15) is 0 Å². The van der Waals surface area contributed by atoms with Crippen molar-refractivity contribution in [3.63, 3.8) is 0 Å². The molecule has 4 heterocycles. The molecule has 2 bridgehead atoms. The van der Waals surface area contributed by atoms with Crippen molar-refractivity contribution in [2.24, 2.45) is 5.92 Å². The van der Waals surface area contributed by atoms with E-state index >= 15 is 0 Å². The lowest BCUT2D eigenvalue weighted by Crippen LogP contribution is -2.53. The van der Waals surface area contributed by atoms with Crippen LogP contribution in [0.3, 0.4) is 0 Å². The zero-order valence-electron chi connectivity index (χ0n) is 11.3. The molecule has 4 nitrogen and oxygen atoms in total. The van der Waals surface area contributed by atoms with Crippen LogP contribution in [0.2, 0.25) is 0 Å². The fraction of sp³-hybridized carbons (Fsp3) is 0.438. The number of nitrogens with zero attached hydrogens (tertiary/aromatic N) is 1. The summed E-state index contributed by atoms with van der Waals surface area (Å²) in [7, 11) is 0. The van der Waals surface area contributed by atoms with E-state index in [1.807, 2.05) is 12.1 Å². The molecule has 4 heteroatoms. The summed E-state index contributed by atoms with van der Waals surface area (Å²) in [4.78, 5) is 13.8. The molecule has 0 aliphatic carbocycles. The molecule has 3 aliphatic heterocycles. The Morgan fingerprint density at radius 1 is 1.15 bits per heavy atom. The summed E-state index contributed by atoms with van der Waals surface area (Å²) >= 11 is 0. The van der Waals surface area contributed by atoms with Crippen molar-refractivity contribution >= 4 is 16.7 Å². The lowest BCUT2D eigenvalue weighted by Gasteiger charge is -2.45. The quantitative estimate of drug-likeness (QED) is 0.851. The summed E-state index contributed by atoms with van der Waals surface area (Å²) < 4.78 is 5.25. The Balaban J connectivity index is 1.61. The third-order valence-electron chi connectivity index (χ3n) is 4.63. The van der Waals surface area contributed by atoms with Crippen molar-refractivity contribution in [1.82, 2.24) is 4.90 Å². The van der Waals surface area contributed by atoms with Crippen LogP contribution in [-0.2, 0) is 0 Å². The van der Waals surface area contributed by atoms with Gasteiger partial charge in [0.15, 0.2) is 0 Å². The number of hydrogen-bond acceptors (Lipinski definition) is 4. The maximum Gasteiger partial charge on any atom is 0.336 e. The summed E-state index contributed by atoms with van der Waals surface area (Å²) in [6.45, 7) is 3.62. The van der Waals surface area contributed by atoms with Crippen molar-refractivity contribution < 1.29 is 4.42 Å². The molecule has 0 amide bonds. The third-order valence-corrected chi connectivity index (χ3v) is 4.63. The highest BCUT2D eigenvalue weighted by atomic mass is 16.4. The second-order valence-corrected chi connectivity index (χ2v) is 5.90. The molecule has 3 fully saturated rings. The van der Waals surface area contributed by atoms with Gasteiger partial charge in [-0.1, -0.05) is 0 Å². The summed E-state index contributed by atoms with van der Waals surface area (Å²) in [5, 5.41) is 4.58. The number of benzene rings is 1. The molecule has 3 aliphatic rings. The SMILES string of the molecule is O=c1ccc2ccc(N[C@H]3CN4CCC3CC4)cc2o1. The monoisotopic (exact) mass is 270 g/mol. The topological polar surface area (TPSA) is 45.5 Å². The molecule has 0 unspecified atom stereocenters. The van der Waals surface area contributed by atoms with Gasteiger partial charge in [-0.3, -0.25) is 0 Å². The van der Waals surface area contributed by atoms with E-state index in [-0.39, 0.29) is 5.63 Å². The van der Waals surface area contributed by atoms with E-state index < -0.39 is 0 Å². The summed E-state index contributed by atoms with van der Waals surface area (Å²) in [5.41, 5.74) is 1.41. The molecule has 0 saturated carbocycles. The van der Waals surface area contributed by atoms with Crippen LogP contribution in [0, 0.1) is 5.92 Å². The first-order valence-electron chi connectivity index (χ1n) is 7.31. The lowest BCUT2D eigenvalue weighted by molar-refractivity contribution is 0.0975. The molecular formula is C16H18N2O2. The average Bonchev–Trinajstić information content (AvgIpc) is 2.48. The average molecular weight is 270 g/mol. The highest BCUT2D eigenvalue weighted by Gasteiger charge is 2.33. The second-order valence-electron chi connectivity index (χ2n) is 5.90. The smallest absolute Gasteiger partial charge is 0.336 e. The van der Waals surface area contributed by atoms with Crippen molar-refractivity contribution in [2.75, 3.05) is 25.0 Å². The van der Waals surface area contributed by atoms with Gasteiger partial charge in [-0.25, -0.2) is 4.79 Å². The van der Waals surface area contributed by atoms with E-state index in [2.05, 4.69) is 16.3 Å². The number of rotatable bonds is 2. The van der Waals surface area contributed by atoms with Gasteiger partial charge in [0.25, 0.3) is 0 Å². The Hall–Kier alpha value is -1.81. The van der Waals surface area contributed by atoms with Gasteiger partial charge < -0.3 is 14.6 Å². The predicted octanol–water partition coefficient (Wildman–Crippen LogP) is 2.30. The molecule has 1 N–H and O–H groups in total. The van der Waals surface area contributed by atoms with Crippen LogP contribution in [0.15, 0.2) is 39.5 Å². The Morgan fingerprint density at radius 2 is 1.95 bits per heavy atom. The van der Waals surface area contributed by atoms with Gasteiger partial charge in [-0.05, 0) is 50.0 Å². The molecule has 0 radical (unpaired) electrons. The van der Waals surface area contributed by atoms with Crippen molar-refractivity contribution in [1.29, 1.82) is 0 Å². The van der Waals surface area contributed by atoms with E-state index in [4.69, 9.17) is 4.42 Å². The first-order valence-corrected chi connectivity index (χ1v) is 7.31. The summed E-state index contributed by atoms with van der Waals surface area (Å²) in [5.74, 6) is 0.776. The normalized spacial score (nSPS) is 28.7. The number of anilines is 1. The van der Waals surface area contributed by atoms with Crippen LogP contribution in [0.4, 0.5) is 5.69 Å². The zero-order valence-corrected chi connectivity index (χ0v) is 11.3. The Morgan fingerprint density at radius 3 is 2.70 bits per heavy atom. The van der Waals surface area contributed by atoms with E-state index in [1.165, 1.54) is 32.0 Å².